The molecule has 0 unspecified atom stereocenters. The molecule has 0 aliphatic rings. The highest BCUT2D eigenvalue weighted by Crippen LogP contribution is 2.10. The molecule has 122 valence electrons. The molecule has 0 spiro atoms. The Hall–Kier alpha value is -2.99. The van der Waals surface area contributed by atoms with E-state index in [1.165, 1.54) is 0 Å². The SMILES string of the molecule is COCc1cccc(C(=O)Nc2ccn(Cc3ccccn3)n2)c1. The monoisotopic (exact) mass is 322 g/mol. The van der Waals surface area contributed by atoms with Crippen molar-refractivity contribution in [3.63, 3.8) is 0 Å². The van der Waals surface area contributed by atoms with Gasteiger partial charge in [0.1, 0.15) is 0 Å². The molecule has 6 heteroatoms. The van der Waals surface area contributed by atoms with Gasteiger partial charge in [0.15, 0.2) is 5.82 Å². The number of methoxy groups -OCH3 is 1. The Bertz CT molecular complexity index is 815. The predicted molar refractivity (Wildman–Crippen MR) is 90.7 cm³/mol. The number of pyridine rings is 1. The molecule has 0 saturated carbocycles. The highest BCUT2D eigenvalue weighted by atomic mass is 16.5. The van der Waals surface area contributed by atoms with E-state index in [4.69, 9.17) is 4.74 Å². The van der Waals surface area contributed by atoms with Crippen molar-refractivity contribution in [2.24, 2.45) is 0 Å². The summed E-state index contributed by atoms with van der Waals surface area (Å²) in [5, 5.41) is 7.15. The van der Waals surface area contributed by atoms with Crippen LogP contribution >= 0.6 is 0 Å². The summed E-state index contributed by atoms with van der Waals surface area (Å²) in [6.07, 6.45) is 3.56. The van der Waals surface area contributed by atoms with Crippen LogP contribution < -0.4 is 5.32 Å². The summed E-state index contributed by atoms with van der Waals surface area (Å²) in [4.78, 5) is 16.6. The molecule has 24 heavy (non-hydrogen) atoms. The van der Waals surface area contributed by atoms with Crippen molar-refractivity contribution < 1.29 is 9.53 Å². The lowest BCUT2D eigenvalue weighted by molar-refractivity contribution is 0.102. The Labute approximate surface area is 140 Å². The Morgan fingerprint density at radius 1 is 1.21 bits per heavy atom. The summed E-state index contributed by atoms with van der Waals surface area (Å²) in [6, 6.07) is 14.8. The first kappa shape index (κ1) is 15.9. The molecule has 1 N–H and O–H groups in total. The van der Waals surface area contributed by atoms with Crippen molar-refractivity contribution in [2.45, 2.75) is 13.2 Å². The number of rotatable bonds is 6. The molecule has 3 aromatic rings. The molecule has 2 heterocycles. The van der Waals surface area contributed by atoms with Crippen LogP contribution in [0.15, 0.2) is 60.9 Å². The van der Waals surface area contributed by atoms with Crippen molar-refractivity contribution in [1.29, 1.82) is 0 Å². The third-order valence-electron chi connectivity index (χ3n) is 3.43. The van der Waals surface area contributed by atoms with Crippen LogP contribution in [0.25, 0.3) is 0 Å². The maximum Gasteiger partial charge on any atom is 0.256 e. The standard InChI is InChI=1S/C18H18N4O2/c1-24-13-14-5-4-6-15(11-14)18(23)20-17-8-10-22(21-17)12-16-7-2-3-9-19-16/h2-11H,12-13H2,1H3,(H,20,21,23). The van der Waals surface area contributed by atoms with Gasteiger partial charge in [-0.3, -0.25) is 14.5 Å². The maximum absolute atomic E-state index is 12.3. The molecular formula is C18H18N4O2. The van der Waals surface area contributed by atoms with Crippen molar-refractivity contribution in [2.75, 3.05) is 12.4 Å². The van der Waals surface area contributed by atoms with Gasteiger partial charge in [0, 0.05) is 31.1 Å². The zero-order valence-corrected chi connectivity index (χ0v) is 13.3. The van der Waals surface area contributed by atoms with Crippen molar-refractivity contribution >= 4 is 11.7 Å². The van der Waals surface area contributed by atoms with Crippen LogP contribution in [0.5, 0.6) is 0 Å². The number of hydrogen-bond donors (Lipinski definition) is 1. The minimum atomic E-state index is -0.198. The van der Waals surface area contributed by atoms with E-state index in [2.05, 4.69) is 15.4 Å². The maximum atomic E-state index is 12.3. The van der Waals surface area contributed by atoms with Gasteiger partial charge in [0.05, 0.1) is 18.8 Å². The Balaban J connectivity index is 1.66. The molecule has 0 aliphatic heterocycles. The number of hydrogen-bond acceptors (Lipinski definition) is 4. The van der Waals surface area contributed by atoms with Crippen LogP contribution in [0.1, 0.15) is 21.6 Å². The summed E-state index contributed by atoms with van der Waals surface area (Å²) < 4.78 is 6.82. The fraction of sp³-hybridized carbons (Fsp3) is 0.167. The lowest BCUT2D eigenvalue weighted by atomic mass is 10.1. The van der Waals surface area contributed by atoms with Gasteiger partial charge in [-0.15, -0.1) is 0 Å². The molecule has 2 aromatic heterocycles. The topological polar surface area (TPSA) is 69.0 Å². The molecule has 0 bridgehead atoms. The molecule has 0 atom stereocenters. The van der Waals surface area contributed by atoms with Crippen molar-refractivity contribution in [1.82, 2.24) is 14.8 Å². The molecule has 0 radical (unpaired) electrons. The Kier molecular flexibility index (Phi) is 4.98. The predicted octanol–water partition coefficient (Wildman–Crippen LogP) is 2.73. The molecule has 0 saturated heterocycles. The van der Waals surface area contributed by atoms with E-state index >= 15 is 0 Å². The van der Waals surface area contributed by atoms with Crippen LogP contribution in [-0.4, -0.2) is 27.8 Å². The number of ether oxygens (including phenoxy) is 1. The summed E-state index contributed by atoms with van der Waals surface area (Å²) >= 11 is 0. The van der Waals surface area contributed by atoms with Gasteiger partial charge >= 0.3 is 0 Å². The van der Waals surface area contributed by atoms with Gasteiger partial charge in [0.25, 0.3) is 5.91 Å². The Morgan fingerprint density at radius 3 is 2.92 bits per heavy atom. The molecule has 0 fully saturated rings. The van der Waals surface area contributed by atoms with Gasteiger partial charge in [0.2, 0.25) is 0 Å². The third-order valence-corrected chi connectivity index (χ3v) is 3.43. The molecule has 1 aromatic carbocycles. The molecular weight excluding hydrogens is 304 g/mol. The van der Waals surface area contributed by atoms with Crippen LogP contribution in [0, 0.1) is 0 Å². The van der Waals surface area contributed by atoms with E-state index in [0.717, 1.165) is 11.3 Å². The summed E-state index contributed by atoms with van der Waals surface area (Å²) in [7, 11) is 1.63. The molecule has 3 rings (SSSR count). The Morgan fingerprint density at radius 2 is 2.12 bits per heavy atom. The van der Waals surface area contributed by atoms with E-state index in [-0.39, 0.29) is 5.91 Å². The summed E-state index contributed by atoms with van der Waals surface area (Å²) in [5.74, 6) is 0.309. The first-order valence-corrected chi connectivity index (χ1v) is 7.57. The van der Waals surface area contributed by atoms with E-state index in [0.29, 0.717) is 24.5 Å². The number of carbonyl (C=O) groups is 1. The van der Waals surface area contributed by atoms with Gasteiger partial charge < -0.3 is 10.1 Å². The van der Waals surface area contributed by atoms with Gasteiger partial charge in [-0.25, -0.2) is 0 Å². The second-order valence-electron chi connectivity index (χ2n) is 5.31. The number of amides is 1. The second kappa shape index (κ2) is 7.52. The summed E-state index contributed by atoms with van der Waals surface area (Å²) in [6.45, 7) is 1.03. The van der Waals surface area contributed by atoms with E-state index in [9.17, 15) is 4.79 Å². The number of aromatic nitrogens is 3. The quantitative estimate of drug-likeness (QED) is 0.757. The number of nitrogens with one attached hydrogen (secondary N) is 1. The minimum Gasteiger partial charge on any atom is -0.380 e. The average Bonchev–Trinajstić information content (AvgIpc) is 3.03. The number of carbonyl (C=O) groups excluding carboxylic acids is 1. The zero-order valence-electron chi connectivity index (χ0n) is 13.3. The normalized spacial score (nSPS) is 10.5. The molecule has 0 aliphatic carbocycles. The van der Waals surface area contributed by atoms with Crippen LogP contribution in [0.3, 0.4) is 0 Å². The van der Waals surface area contributed by atoms with E-state index < -0.39 is 0 Å². The highest BCUT2D eigenvalue weighted by Gasteiger charge is 2.09. The van der Waals surface area contributed by atoms with E-state index in [1.54, 1.807) is 30.1 Å². The first-order valence-electron chi connectivity index (χ1n) is 7.57. The number of benzene rings is 1. The smallest absolute Gasteiger partial charge is 0.256 e. The van der Waals surface area contributed by atoms with Gasteiger partial charge in [-0.2, -0.15) is 5.10 Å². The van der Waals surface area contributed by atoms with Crippen molar-refractivity contribution in [3.05, 3.63) is 77.7 Å². The number of anilines is 1. The highest BCUT2D eigenvalue weighted by molar-refractivity contribution is 6.03. The van der Waals surface area contributed by atoms with Gasteiger partial charge in [-0.05, 0) is 29.8 Å². The van der Waals surface area contributed by atoms with Crippen LogP contribution in [-0.2, 0) is 17.9 Å². The fourth-order valence-electron chi connectivity index (χ4n) is 2.33. The van der Waals surface area contributed by atoms with Crippen LogP contribution in [0.4, 0.5) is 5.82 Å². The number of nitrogens with zero attached hydrogens (tertiary/aromatic N) is 3. The fourth-order valence-corrected chi connectivity index (χ4v) is 2.33. The lowest BCUT2D eigenvalue weighted by Crippen LogP contribution is -2.13. The average molecular weight is 322 g/mol. The minimum absolute atomic E-state index is 0.198. The second-order valence-corrected chi connectivity index (χ2v) is 5.31. The molecule has 1 amide bonds. The van der Waals surface area contributed by atoms with Gasteiger partial charge in [-0.1, -0.05) is 18.2 Å². The summed E-state index contributed by atoms with van der Waals surface area (Å²) in [5.41, 5.74) is 2.43. The van der Waals surface area contributed by atoms with Crippen LogP contribution in [0.2, 0.25) is 0 Å². The largest absolute Gasteiger partial charge is 0.380 e. The lowest BCUT2D eigenvalue weighted by Gasteiger charge is -2.05. The third kappa shape index (κ3) is 4.05. The van der Waals surface area contributed by atoms with E-state index in [1.807, 2.05) is 42.6 Å². The van der Waals surface area contributed by atoms with Crippen molar-refractivity contribution in [3.8, 4) is 0 Å². The first-order chi connectivity index (χ1) is 11.7. The zero-order chi connectivity index (χ0) is 16.8. The molecule has 6 nitrogen and oxygen atoms in total.